The predicted molar refractivity (Wildman–Crippen MR) is 65.0 cm³/mol. The standard InChI is InChI=1S/C13H16N2/c1-4-10-7-12(14)11-5-8(2)9(3)6-13(11)15-10/h5-7H,4H2,1-3H3,(H2,14,15). The van der Waals surface area contributed by atoms with Crippen molar-refractivity contribution in [3.63, 3.8) is 0 Å². The lowest BCUT2D eigenvalue weighted by atomic mass is 10.0. The molecule has 0 aliphatic carbocycles. The first-order chi connectivity index (χ1) is 7.11. The minimum Gasteiger partial charge on any atom is -0.398 e. The Balaban J connectivity index is 2.80. The molecule has 0 spiro atoms. The van der Waals surface area contributed by atoms with Crippen molar-refractivity contribution in [2.45, 2.75) is 27.2 Å². The van der Waals surface area contributed by atoms with Gasteiger partial charge >= 0.3 is 0 Å². The van der Waals surface area contributed by atoms with Gasteiger partial charge in [0.1, 0.15) is 0 Å². The van der Waals surface area contributed by atoms with Crippen molar-refractivity contribution in [3.05, 3.63) is 35.0 Å². The summed E-state index contributed by atoms with van der Waals surface area (Å²) in [6.07, 6.45) is 0.924. The SMILES string of the molecule is CCc1cc(N)c2cc(C)c(C)cc2n1. The molecule has 0 aliphatic heterocycles. The van der Waals surface area contributed by atoms with E-state index in [-0.39, 0.29) is 0 Å². The molecule has 0 atom stereocenters. The van der Waals surface area contributed by atoms with Gasteiger partial charge in [0.05, 0.1) is 5.52 Å². The lowest BCUT2D eigenvalue weighted by molar-refractivity contribution is 1.06. The Kier molecular flexibility index (Phi) is 2.35. The van der Waals surface area contributed by atoms with E-state index in [2.05, 4.69) is 37.9 Å². The Morgan fingerprint density at radius 1 is 1.13 bits per heavy atom. The largest absolute Gasteiger partial charge is 0.398 e. The Morgan fingerprint density at radius 3 is 2.47 bits per heavy atom. The number of aromatic nitrogens is 1. The van der Waals surface area contributed by atoms with E-state index in [9.17, 15) is 0 Å². The van der Waals surface area contributed by atoms with Gasteiger partial charge in [-0.25, -0.2) is 0 Å². The summed E-state index contributed by atoms with van der Waals surface area (Å²) in [6, 6.07) is 6.20. The van der Waals surface area contributed by atoms with Crippen LogP contribution in [0.3, 0.4) is 0 Å². The number of fused-ring (bicyclic) bond motifs is 1. The van der Waals surface area contributed by atoms with Crippen LogP contribution in [-0.4, -0.2) is 4.98 Å². The van der Waals surface area contributed by atoms with Crippen LogP contribution in [0.15, 0.2) is 18.2 Å². The van der Waals surface area contributed by atoms with E-state index >= 15 is 0 Å². The van der Waals surface area contributed by atoms with Gasteiger partial charge in [-0.1, -0.05) is 6.92 Å². The molecule has 1 heterocycles. The number of nitrogens with two attached hydrogens (primary N) is 1. The number of hydrogen-bond donors (Lipinski definition) is 1. The van der Waals surface area contributed by atoms with E-state index in [4.69, 9.17) is 5.73 Å². The summed E-state index contributed by atoms with van der Waals surface area (Å²) in [6.45, 7) is 6.29. The van der Waals surface area contributed by atoms with Gasteiger partial charge in [0.2, 0.25) is 0 Å². The van der Waals surface area contributed by atoms with Crippen LogP contribution < -0.4 is 5.73 Å². The Hall–Kier alpha value is -1.57. The van der Waals surface area contributed by atoms with Gasteiger partial charge in [-0.3, -0.25) is 4.98 Å². The minimum absolute atomic E-state index is 0.833. The molecule has 0 aliphatic rings. The summed E-state index contributed by atoms with van der Waals surface area (Å²) in [5, 5.41) is 1.07. The van der Waals surface area contributed by atoms with Crippen molar-refractivity contribution < 1.29 is 0 Å². The van der Waals surface area contributed by atoms with Crippen molar-refractivity contribution in [1.29, 1.82) is 0 Å². The third-order valence-electron chi connectivity index (χ3n) is 2.87. The Labute approximate surface area is 90.1 Å². The first-order valence-corrected chi connectivity index (χ1v) is 5.28. The van der Waals surface area contributed by atoms with Gasteiger partial charge < -0.3 is 5.73 Å². The molecule has 0 saturated carbocycles. The average Bonchev–Trinajstić information content (AvgIpc) is 2.21. The number of anilines is 1. The fourth-order valence-corrected chi connectivity index (χ4v) is 1.75. The van der Waals surface area contributed by atoms with Gasteiger partial charge in [-0.05, 0) is 49.6 Å². The second-order valence-corrected chi connectivity index (χ2v) is 4.01. The smallest absolute Gasteiger partial charge is 0.0728 e. The summed E-state index contributed by atoms with van der Waals surface area (Å²) in [4.78, 5) is 4.58. The summed E-state index contributed by atoms with van der Waals surface area (Å²) in [7, 11) is 0. The molecule has 0 amide bonds. The predicted octanol–water partition coefficient (Wildman–Crippen LogP) is 3.00. The number of nitrogen functional groups attached to an aromatic ring is 1. The normalized spacial score (nSPS) is 10.9. The first kappa shape index (κ1) is 9.97. The quantitative estimate of drug-likeness (QED) is 0.768. The molecule has 0 bridgehead atoms. The second kappa shape index (κ2) is 3.54. The van der Waals surface area contributed by atoms with Crippen LogP contribution in [0.2, 0.25) is 0 Å². The highest BCUT2D eigenvalue weighted by Crippen LogP contribution is 2.24. The van der Waals surface area contributed by atoms with Gasteiger partial charge in [0.15, 0.2) is 0 Å². The minimum atomic E-state index is 0.833. The number of pyridine rings is 1. The lowest BCUT2D eigenvalue weighted by Crippen LogP contribution is -1.95. The number of hydrogen-bond acceptors (Lipinski definition) is 2. The van der Waals surface area contributed by atoms with Gasteiger partial charge in [0, 0.05) is 16.8 Å². The van der Waals surface area contributed by atoms with Crippen LogP contribution in [0.5, 0.6) is 0 Å². The molecule has 2 heteroatoms. The number of rotatable bonds is 1. The van der Waals surface area contributed by atoms with Crippen LogP contribution in [0.1, 0.15) is 23.7 Å². The Bertz CT molecular complexity index is 515. The maximum absolute atomic E-state index is 6.01. The van der Waals surface area contributed by atoms with Crippen LogP contribution in [0.4, 0.5) is 5.69 Å². The van der Waals surface area contributed by atoms with E-state index in [0.29, 0.717) is 0 Å². The molecule has 0 unspecified atom stereocenters. The molecule has 0 radical (unpaired) electrons. The highest BCUT2D eigenvalue weighted by molar-refractivity contribution is 5.91. The number of benzene rings is 1. The molecule has 2 nitrogen and oxygen atoms in total. The average molecular weight is 200 g/mol. The molecular weight excluding hydrogens is 184 g/mol. The molecule has 78 valence electrons. The molecule has 1 aromatic heterocycles. The molecule has 2 N–H and O–H groups in total. The van der Waals surface area contributed by atoms with Crippen molar-refractivity contribution in [2.24, 2.45) is 0 Å². The first-order valence-electron chi connectivity index (χ1n) is 5.28. The maximum Gasteiger partial charge on any atom is 0.0728 e. The van der Waals surface area contributed by atoms with E-state index in [0.717, 1.165) is 28.7 Å². The molecule has 2 rings (SSSR count). The number of aryl methyl sites for hydroxylation is 3. The second-order valence-electron chi connectivity index (χ2n) is 4.01. The van der Waals surface area contributed by atoms with Crippen molar-refractivity contribution in [3.8, 4) is 0 Å². The van der Waals surface area contributed by atoms with Crippen LogP contribution in [0, 0.1) is 13.8 Å². The maximum atomic E-state index is 6.01. The zero-order valence-electron chi connectivity index (χ0n) is 9.46. The zero-order chi connectivity index (χ0) is 11.0. The molecule has 1 aromatic carbocycles. The molecule has 15 heavy (non-hydrogen) atoms. The molecule has 2 aromatic rings. The lowest BCUT2D eigenvalue weighted by Gasteiger charge is -2.07. The van der Waals surface area contributed by atoms with Crippen LogP contribution in [-0.2, 0) is 6.42 Å². The zero-order valence-corrected chi connectivity index (χ0v) is 9.46. The summed E-state index contributed by atoms with van der Waals surface area (Å²) in [5.41, 5.74) is 11.4. The highest BCUT2D eigenvalue weighted by atomic mass is 14.7. The van der Waals surface area contributed by atoms with E-state index in [1.807, 2.05) is 6.07 Å². The number of nitrogens with zero attached hydrogens (tertiary/aromatic N) is 1. The summed E-state index contributed by atoms with van der Waals surface area (Å²) < 4.78 is 0. The van der Waals surface area contributed by atoms with Crippen molar-refractivity contribution in [2.75, 3.05) is 5.73 Å². The summed E-state index contributed by atoms with van der Waals surface area (Å²) in [5.74, 6) is 0. The van der Waals surface area contributed by atoms with Crippen molar-refractivity contribution >= 4 is 16.6 Å². The van der Waals surface area contributed by atoms with Crippen LogP contribution in [0.25, 0.3) is 10.9 Å². The fourth-order valence-electron chi connectivity index (χ4n) is 1.75. The van der Waals surface area contributed by atoms with Gasteiger partial charge in [-0.2, -0.15) is 0 Å². The van der Waals surface area contributed by atoms with E-state index in [1.54, 1.807) is 0 Å². The van der Waals surface area contributed by atoms with Gasteiger partial charge in [-0.15, -0.1) is 0 Å². The molecule has 0 fully saturated rings. The topological polar surface area (TPSA) is 38.9 Å². The fraction of sp³-hybridized carbons (Fsp3) is 0.308. The third-order valence-corrected chi connectivity index (χ3v) is 2.87. The monoisotopic (exact) mass is 200 g/mol. The van der Waals surface area contributed by atoms with Crippen LogP contribution >= 0.6 is 0 Å². The molecule has 0 saturated heterocycles. The summed E-state index contributed by atoms with van der Waals surface area (Å²) >= 11 is 0. The molecular formula is C13H16N2. The highest BCUT2D eigenvalue weighted by Gasteiger charge is 2.04. The third kappa shape index (κ3) is 1.67. The Morgan fingerprint density at radius 2 is 1.80 bits per heavy atom. The van der Waals surface area contributed by atoms with Gasteiger partial charge in [0.25, 0.3) is 0 Å². The van der Waals surface area contributed by atoms with E-state index < -0.39 is 0 Å². The van der Waals surface area contributed by atoms with E-state index in [1.165, 1.54) is 11.1 Å². The van der Waals surface area contributed by atoms with Crippen molar-refractivity contribution in [1.82, 2.24) is 4.98 Å².